The fraction of sp³-hybridized carbons (Fsp3) is 0.706. The molecule has 2 fully saturated rings. The maximum Gasteiger partial charge on any atom is 0.0821 e. The van der Waals surface area contributed by atoms with Crippen LogP contribution in [0.25, 0.3) is 0 Å². The summed E-state index contributed by atoms with van der Waals surface area (Å²) in [5.41, 5.74) is 1.17. The van der Waals surface area contributed by atoms with Crippen molar-refractivity contribution in [2.24, 2.45) is 0 Å². The zero-order chi connectivity index (χ0) is 15.0. The van der Waals surface area contributed by atoms with Crippen LogP contribution in [0.3, 0.4) is 0 Å². The van der Waals surface area contributed by atoms with Gasteiger partial charge in [-0.25, -0.2) is 0 Å². The van der Waals surface area contributed by atoms with Gasteiger partial charge in [-0.05, 0) is 38.1 Å². The van der Waals surface area contributed by atoms with Crippen molar-refractivity contribution in [2.75, 3.05) is 52.5 Å². The molecule has 1 unspecified atom stereocenters. The Balaban J connectivity index is 1.39. The topological polar surface area (TPSA) is 37.8 Å². The van der Waals surface area contributed by atoms with E-state index in [0.717, 1.165) is 59.0 Å². The molecule has 5 heteroatoms. The summed E-state index contributed by atoms with van der Waals surface area (Å²) in [7, 11) is 0. The van der Waals surface area contributed by atoms with Crippen LogP contribution in [0.15, 0.2) is 24.4 Å². The molecule has 2 saturated heterocycles. The molecule has 0 bridgehead atoms. The van der Waals surface area contributed by atoms with E-state index >= 15 is 0 Å². The smallest absolute Gasteiger partial charge is 0.0821 e. The Labute approximate surface area is 133 Å². The van der Waals surface area contributed by atoms with E-state index in [1.807, 2.05) is 12.3 Å². The third kappa shape index (κ3) is 5.02. The molecule has 1 aromatic rings. The Hall–Kier alpha value is -1.01. The summed E-state index contributed by atoms with van der Waals surface area (Å²) in [4.78, 5) is 9.52. The third-order valence-corrected chi connectivity index (χ3v) is 4.45. The molecule has 0 aromatic carbocycles. The lowest BCUT2D eigenvalue weighted by molar-refractivity contribution is -0.0926. The van der Waals surface area contributed by atoms with Gasteiger partial charge in [0, 0.05) is 32.4 Å². The first-order valence-electron chi connectivity index (χ1n) is 8.44. The fourth-order valence-electron chi connectivity index (χ4n) is 3.16. The lowest BCUT2D eigenvalue weighted by Gasteiger charge is -2.26. The molecule has 5 nitrogen and oxygen atoms in total. The molecule has 122 valence electrons. The Morgan fingerprint density at radius 1 is 1.09 bits per heavy atom. The molecule has 3 heterocycles. The molecule has 1 atom stereocenters. The molecule has 0 spiro atoms. The predicted octanol–water partition coefficient (Wildman–Crippen LogP) is 1.39. The van der Waals surface area contributed by atoms with Gasteiger partial charge >= 0.3 is 0 Å². The second kappa shape index (κ2) is 8.58. The van der Waals surface area contributed by atoms with E-state index in [4.69, 9.17) is 9.47 Å². The molecule has 2 aliphatic rings. The van der Waals surface area contributed by atoms with E-state index in [1.165, 1.54) is 18.7 Å². The minimum atomic E-state index is 0.293. The van der Waals surface area contributed by atoms with Gasteiger partial charge in [0.25, 0.3) is 0 Å². The van der Waals surface area contributed by atoms with Crippen LogP contribution in [0.5, 0.6) is 0 Å². The molecule has 3 rings (SSSR count). The molecule has 0 aliphatic carbocycles. The molecular weight excluding hydrogens is 278 g/mol. The van der Waals surface area contributed by atoms with Crippen LogP contribution < -0.4 is 0 Å². The van der Waals surface area contributed by atoms with E-state index in [9.17, 15) is 0 Å². The van der Waals surface area contributed by atoms with Crippen LogP contribution >= 0.6 is 0 Å². The van der Waals surface area contributed by atoms with Crippen LogP contribution in [-0.2, 0) is 16.0 Å². The second-order valence-corrected chi connectivity index (χ2v) is 6.15. The first kappa shape index (κ1) is 15.9. The highest BCUT2D eigenvalue weighted by molar-refractivity contribution is 5.03. The standard InChI is InChI=1S/C17H27N3O2/c1-2-6-18-16(4-1)14-20-8-3-7-19(10-11-20)9-5-17-15-21-12-13-22-17/h1-2,4,6,17H,3,5,7-15H2. The number of hydrogen-bond donors (Lipinski definition) is 0. The molecule has 22 heavy (non-hydrogen) atoms. The average Bonchev–Trinajstić information content (AvgIpc) is 2.80. The molecule has 0 N–H and O–H groups in total. The molecule has 2 aliphatic heterocycles. The number of pyridine rings is 1. The number of nitrogens with zero attached hydrogens (tertiary/aromatic N) is 3. The van der Waals surface area contributed by atoms with Crippen LogP contribution in [0.2, 0.25) is 0 Å². The van der Waals surface area contributed by atoms with E-state index in [2.05, 4.69) is 26.9 Å². The first-order valence-corrected chi connectivity index (χ1v) is 8.44. The Morgan fingerprint density at radius 3 is 2.82 bits per heavy atom. The van der Waals surface area contributed by atoms with Crippen LogP contribution in [0, 0.1) is 0 Å². The van der Waals surface area contributed by atoms with Gasteiger partial charge in [0.1, 0.15) is 0 Å². The van der Waals surface area contributed by atoms with Crippen molar-refractivity contribution >= 4 is 0 Å². The van der Waals surface area contributed by atoms with Gasteiger partial charge in [-0.3, -0.25) is 9.88 Å². The molecule has 0 amide bonds. The third-order valence-electron chi connectivity index (χ3n) is 4.45. The van der Waals surface area contributed by atoms with Gasteiger partial charge in [0.2, 0.25) is 0 Å². The largest absolute Gasteiger partial charge is 0.376 e. The monoisotopic (exact) mass is 305 g/mol. The Kier molecular flexibility index (Phi) is 6.19. The minimum Gasteiger partial charge on any atom is -0.376 e. The van der Waals surface area contributed by atoms with Gasteiger partial charge in [-0.2, -0.15) is 0 Å². The van der Waals surface area contributed by atoms with Crippen molar-refractivity contribution in [3.8, 4) is 0 Å². The fourth-order valence-corrected chi connectivity index (χ4v) is 3.16. The van der Waals surface area contributed by atoms with Crippen molar-refractivity contribution in [1.29, 1.82) is 0 Å². The van der Waals surface area contributed by atoms with Crippen molar-refractivity contribution < 1.29 is 9.47 Å². The van der Waals surface area contributed by atoms with Crippen LogP contribution in [0.1, 0.15) is 18.5 Å². The Bertz CT molecular complexity index is 423. The van der Waals surface area contributed by atoms with Gasteiger partial charge in [0.05, 0.1) is 31.6 Å². The summed E-state index contributed by atoms with van der Waals surface area (Å²) in [5.74, 6) is 0. The highest BCUT2D eigenvalue weighted by Crippen LogP contribution is 2.10. The van der Waals surface area contributed by atoms with Gasteiger partial charge < -0.3 is 14.4 Å². The van der Waals surface area contributed by atoms with E-state index in [0.29, 0.717) is 6.10 Å². The second-order valence-electron chi connectivity index (χ2n) is 6.15. The van der Waals surface area contributed by atoms with Crippen LogP contribution in [0.4, 0.5) is 0 Å². The first-order chi connectivity index (χ1) is 10.9. The van der Waals surface area contributed by atoms with Gasteiger partial charge in [-0.15, -0.1) is 0 Å². The zero-order valence-electron chi connectivity index (χ0n) is 13.3. The molecule has 1 aromatic heterocycles. The van der Waals surface area contributed by atoms with Crippen molar-refractivity contribution in [3.63, 3.8) is 0 Å². The van der Waals surface area contributed by atoms with Crippen LogP contribution in [-0.4, -0.2) is 73.4 Å². The SMILES string of the molecule is c1ccc(CN2CCCN(CCC3COCCO3)CC2)nc1. The highest BCUT2D eigenvalue weighted by Gasteiger charge is 2.18. The average molecular weight is 305 g/mol. The van der Waals surface area contributed by atoms with E-state index in [1.54, 1.807) is 0 Å². The van der Waals surface area contributed by atoms with Crippen molar-refractivity contribution in [1.82, 2.24) is 14.8 Å². The number of rotatable bonds is 5. The maximum absolute atomic E-state index is 5.73. The number of hydrogen-bond acceptors (Lipinski definition) is 5. The quantitative estimate of drug-likeness (QED) is 0.822. The molecule has 0 saturated carbocycles. The van der Waals surface area contributed by atoms with Gasteiger partial charge in [0.15, 0.2) is 0 Å². The molecular formula is C17H27N3O2. The summed E-state index contributed by atoms with van der Waals surface area (Å²) in [6.45, 7) is 8.96. The van der Waals surface area contributed by atoms with E-state index in [-0.39, 0.29) is 0 Å². The summed E-state index contributed by atoms with van der Waals surface area (Å²) in [6, 6.07) is 6.16. The highest BCUT2D eigenvalue weighted by atomic mass is 16.6. The maximum atomic E-state index is 5.73. The summed E-state index contributed by atoms with van der Waals surface area (Å²) in [5, 5.41) is 0. The summed E-state index contributed by atoms with van der Waals surface area (Å²) >= 11 is 0. The lowest BCUT2D eigenvalue weighted by atomic mass is 10.2. The minimum absolute atomic E-state index is 0.293. The lowest BCUT2D eigenvalue weighted by Crippen LogP contribution is -2.35. The van der Waals surface area contributed by atoms with Crippen molar-refractivity contribution in [3.05, 3.63) is 30.1 Å². The van der Waals surface area contributed by atoms with Crippen molar-refractivity contribution in [2.45, 2.75) is 25.5 Å². The number of aromatic nitrogens is 1. The summed E-state index contributed by atoms with van der Waals surface area (Å²) < 4.78 is 11.2. The van der Waals surface area contributed by atoms with E-state index < -0.39 is 0 Å². The summed E-state index contributed by atoms with van der Waals surface area (Å²) in [6.07, 6.45) is 4.49. The zero-order valence-corrected chi connectivity index (χ0v) is 13.3. The van der Waals surface area contributed by atoms with Gasteiger partial charge in [-0.1, -0.05) is 6.07 Å². The normalized spacial score (nSPS) is 25.0. The molecule has 0 radical (unpaired) electrons. The predicted molar refractivity (Wildman–Crippen MR) is 85.7 cm³/mol. The number of ether oxygens (including phenoxy) is 2. The Morgan fingerprint density at radius 2 is 2.00 bits per heavy atom.